The van der Waals surface area contributed by atoms with Gasteiger partial charge < -0.3 is 25.6 Å². The van der Waals surface area contributed by atoms with E-state index in [1.807, 2.05) is 21.9 Å². The van der Waals surface area contributed by atoms with E-state index in [1.165, 1.54) is 11.8 Å². The van der Waals surface area contributed by atoms with E-state index in [2.05, 4.69) is 22.4 Å². The lowest BCUT2D eigenvalue weighted by atomic mass is 9.90. The molecular formula is C21H27N5O3. The zero-order valence-corrected chi connectivity index (χ0v) is 16.6. The lowest BCUT2D eigenvalue weighted by Gasteiger charge is -2.46. The van der Waals surface area contributed by atoms with Crippen LogP contribution >= 0.6 is 0 Å². The molecule has 3 amide bonds. The third-order valence-corrected chi connectivity index (χ3v) is 5.92. The highest BCUT2D eigenvalue weighted by atomic mass is 16.5. The number of carbonyl (C=O) groups is 2. The van der Waals surface area contributed by atoms with Crippen LogP contribution in [0.3, 0.4) is 0 Å². The summed E-state index contributed by atoms with van der Waals surface area (Å²) in [5.74, 6) is 0.238. The Kier molecular flexibility index (Phi) is 5.53. The summed E-state index contributed by atoms with van der Waals surface area (Å²) in [7, 11) is 1.74. The van der Waals surface area contributed by atoms with Gasteiger partial charge >= 0.3 is 6.03 Å². The fourth-order valence-corrected chi connectivity index (χ4v) is 4.24. The van der Waals surface area contributed by atoms with Gasteiger partial charge in [-0.15, -0.1) is 0 Å². The van der Waals surface area contributed by atoms with Crippen molar-refractivity contribution < 1.29 is 14.3 Å². The number of amides is 3. The molecule has 0 saturated carbocycles. The molecule has 8 heteroatoms. The number of likely N-dealkylation sites (tertiary alicyclic amines) is 2. The number of ether oxygens (including phenoxy) is 1. The summed E-state index contributed by atoms with van der Waals surface area (Å²) in [6, 6.07) is 8.22. The van der Waals surface area contributed by atoms with Gasteiger partial charge in [0, 0.05) is 39.1 Å². The second kappa shape index (κ2) is 8.24. The lowest BCUT2D eigenvalue weighted by molar-refractivity contribution is -0.139. The van der Waals surface area contributed by atoms with Crippen molar-refractivity contribution in [2.75, 3.05) is 39.8 Å². The molecule has 3 saturated heterocycles. The number of rotatable bonds is 3. The SMILES string of the molecule is CN=C(C=CN)c1ccc(C2CN(C(=O)N3CC[C@@H]4OCC(=O)N[C@@H]4C3)C2)cc1. The maximum Gasteiger partial charge on any atom is 0.320 e. The number of carbonyl (C=O) groups excluding carboxylic acids is 2. The number of morpholine rings is 1. The predicted octanol–water partition coefficient (Wildman–Crippen LogP) is 0.686. The number of benzene rings is 1. The number of allylic oxidation sites excluding steroid dienone is 1. The molecule has 4 rings (SSSR count). The molecule has 0 spiro atoms. The van der Waals surface area contributed by atoms with E-state index in [4.69, 9.17) is 10.5 Å². The average Bonchev–Trinajstić information content (AvgIpc) is 2.71. The van der Waals surface area contributed by atoms with Crippen molar-refractivity contribution in [3.63, 3.8) is 0 Å². The Morgan fingerprint density at radius 2 is 2.00 bits per heavy atom. The van der Waals surface area contributed by atoms with Crippen LogP contribution in [0.4, 0.5) is 4.79 Å². The number of urea groups is 1. The van der Waals surface area contributed by atoms with Gasteiger partial charge in [0.15, 0.2) is 0 Å². The molecule has 154 valence electrons. The molecule has 1 aromatic carbocycles. The van der Waals surface area contributed by atoms with Gasteiger partial charge in [-0.3, -0.25) is 9.79 Å². The van der Waals surface area contributed by atoms with Crippen LogP contribution in [0.1, 0.15) is 23.5 Å². The highest BCUT2D eigenvalue weighted by Gasteiger charge is 2.40. The Hall–Kier alpha value is -2.87. The molecule has 0 unspecified atom stereocenters. The zero-order valence-electron chi connectivity index (χ0n) is 16.6. The number of aliphatic imine (C=N–C) groups is 1. The largest absolute Gasteiger partial charge is 0.405 e. The Bertz CT molecular complexity index is 829. The van der Waals surface area contributed by atoms with Crippen molar-refractivity contribution in [1.82, 2.24) is 15.1 Å². The third-order valence-electron chi connectivity index (χ3n) is 5.92. The maximum atomic E-state index is 12.8. The summed E-state index contributed by atoms with van der Waals surface area (Å²) in [5.41, 5.74) is 8.55. The number of nitrogens with zero attached hydrogens (tertiary/aromatic N) is 3. The van der Waals surface area contributed by atoms with Crippen LogP contribution in [0.2, 0.25) is 0 Å². The number of nitrogens with two attached hydrogens (primary N) is 1. The van der Waals surface area contributed by atoms with Gasteiger partial charge in [-0.25, -0.2) is 4.79 Å². The van der Waals surface area contributed by atoms with E-state index in [0.717, 1.165) is 17.7 Å². The topological polar surface area (TPSA) is 100 Å². The van der Waals surface area contributed by atoms with Crippen LogP contribution in [-0.2, 0) is 9.53 Å². The summed E-state index contributed by atoms with van der Waals surface area (Å²) in [5, 5.41) is 2.94. The number of nitrogens with one attached hydrogen (secondary N) is 1. The van der Waals surface area contributed by atoms with Crippen molar-refractivity contribution in [2.45, 2.75) is 24.5 Å². The molecule has 3 heterocycles. The van der Waals surface area contributed by atoms with E-state index in [9.17, 15) is 9.59 Å². The molecule has 0 aliphatic carbocycles. The van der Waals surface area contributed by atoms with E-state index in [1.54, 1.807) is 13.1 Å². The first-order valence-corrected chi connectivity index (χ1v) is 9.99. The highest BCUT2D eigenvalue weighted by molar-refractivity contribution is 6.08. The van der Waals surface area contributed by atoms with Crippen LogP contribution in [-0.4, -0.2) is 79.4 Å². The standard InChI is InChI=1S/C21H27N5O3/c1-23-17(6-8-22)15-4-2-14(3-5-15)16-10-26(11-16)21(28)25-9-7-19-18(12-25)24-20(27)13-29-19/h2-6,8,16,18-19H,7,9-13,22H2,1H3,(H,24,27)/t18-,19+/m1/s1. The van der Waals surface area contributed by atoms with Crippen molar-refractivity contribution >= 4 is 17.6 Å². The number of piperidine rings is 1. The summed E-state index contributed by atoms with van der Waals surface area (Å²) in [4.78, 5) is 32.3. The molecule has 3 aliphatic heterocycles. The van der Waals surface area contributed by atoms with E-state index >= 15 is 0 Å². The summed E-state index contributed by atoms with van der Waals surface area (Å²) in [6.45, 7) is 2.72. The summed E-state index contributed by atoms with van der Waals surface area (Å²) in [6.07, 6.45) is 4.04. The highest BCUT2D eigenvalue weighted by Crippen LogP contribution is 2.29. The van der Waals surface area contributed by atoms with Crippen LogP contribution in [0.15, 0.2) is 41.5 Å². The fraction of sp³-hybridized carbons (Fsp3) is 0.476. The van der Waals surface area contributed by atoms with Crippen LogP contribution in [0, 0.1) is 0 Å². The maximum absolute atomic E-state index is 12.8. The van der Waals surface area contributed by atoms with E-state index in [-0.39, 0.29) is 30.7 Å². The quantitative estimate of drug-likeness (QED) is 0.733. The molecule has 29 heavy (non-hydrogen) atoms. The molecule has 1 aromatic rings. The normalized spacial score (nSPS) is 25.6. The smallest absolute Gasteiger partial charge is 0.320 e. The molecule has 3 N–H and O–H groups in total. The van der Waals surface area contributed by atoms with Crippen molar-refractivity contribution in [3.05, 3.63) is 47.7 Å². The predicted molar refractivity (Wildman–Crippen MR) is 110 cm³/mol. The molecule has 0 bridgehead atoms. The van der Waals surface area contributed by atoms with Crippen molar-refractivity contribution in [2.24, 2.45) is 10.7 Å². The zero-order chi connectivity index (χ0) is 20.4. The number of fused-ring (bicyclic) bond motifs is 1. The molecule has 3 fully saturated rings. The minimum absolute atomic E-state index is 0.0186. The molecule has 0 radical (unpaired) electrons. The number of hydrogen-bond donors (Lipinski definition) is 2. The minimum atomic E-state index is -0.105. The van der Waals surface area contributed by atoms with Gasteiger partial charge in [0.05, 0.1) is 17.9 Å². The van der Waals surface area contributed by atoms with Crippen molar-refractivity contribution in [3.8, 4) is 0 Å². The van der Waals surface area contributed by atoms with Gasteiger partial charge in [0.1, 0.15) is 6.61 Å². The Labute approximate surface area is 170 Å². The first-order chi connectivity index (χ1) is 14.1. The average molecular weight is 397 g/mol. The lowest BCUT2D eigenvalue weighted by Crippen LogP contribution is -2.63. The monoisotopic (exact) mass is 397 g/mol. The molecule has 3 aliphatic rings. The van der Waals surface area contributed by atoms with Crippen LogP contribution in [0.5, 0.6) is 0 Å². The van der Waals surface area contributed by atoms with E-state index in [0.29, 0.717) is 32.1 Å². The van der Waals surface area contributed by atoms with Crippen LogP contribution < -0.4 is 11.1 Å². The van der Waals surface area contributed by atoms with Gasteiger partial charge in [-0.05, 0) is 29.8 Å². The Balaban J connectivity index is 1.31. The van der Waals surface area contributed by atoms with Gasteiger partial charge in [-0.2, -0.15) is 0 Å². The fourth-order valence-electron chi connectivity index (χ4n) is 4.24. The van der Waals surface area contributed by atoms with Gasteiger partial charge in [0.2, 0.25) is 5.91 Å². The second-order valence-corrected chi connectivity index (χ2v) is 7.73. The van der Waals surface area contributed by atoms with Crippen LogP contribution in [0.25, 0.3) is 0 Å². The summed E-state index contributed by atoms with van der Waals surface area (Å²) < 4.78 is 5.56. The van der Waals surface area contributed by atoms with Crippen molar-refractivity contribution in [1.29, 1.82) is 0 Å². The van der Waals surface area contributed by atoms with E-state index < -0.39 is 0 Å². The molecule has 8 nitrogen and oxygen atoms in total. The Morgan fingerprint density at radius 1 is 1.24 bits per heavy atom. The summed E-state index contributed by atoms with van der Waals surface area (Å²) >= 11 is 0. The first-order valence-electron chi connectivity index (χ1n) is 9.99. The Morgan fingerprint density at radius 3 is 2.69 bits per heavy atom. The molecular weight excluding hydrogens is 370 g/mol. The minimum Gasteiger partial charge on any atom is -0.405 e. The van der Waals surface area contributed by atoms with Gasteiger partial charge in [0.25, 0.3) is 0 Å². The third kappa shape index (κ3) is 3.98. The second-order valence-electron chi connectivity index (χ2n) is 7.73. The molecule has 0 aromatic heterocycles. The first kappa shape index (κ1) is 19.4. The van der Waals surface area contributed by atoms with Gasteiger partial charge in [-0.1, -0.05) is 24.3 Å². The molecule has 2 atom stereocenters. The number of hydrogen-bond acceptors (Lipinski definition) is 5.